The Labute approximate surface area is 106 Å². The minimum atomic E-state index is 0.739. The number of ether oxygens (including phenoxy) is 1. The van der Waals surface area contributed by atoms with Crippen LogP contribution in [0.1, 0.15) is 5.56 Å². The van der Waals surface area contributed by atoms with Gasteiger partial charge >= 0.3 is 6.01 Å². The zero-order valence-corrected chi connectivity index (χ0v) is 10.8. The minimum absolute atomic E-state index is 0.739. The van der Waals surface area contributed by atoms with E-state index in [0.29, 0.717) is 0 Å². The maximum Gasteiger partial charge on any atom is 0.457 e. The number of aromatic nitrogens is 1. The fraction of sp³-hybridized carbons (Fsp3) is 0.462. The standard InChI is InChI=1S/C13H18N3O2/c1-9-7-10(14)8-11-12(9)15(2)13(18-11)16-3-5-17-6-4-16/h7-8H,3-6,14H2,1-2H3/q+1. The van der Waals surface area contributed by atoms with Crippen molar-refractivity contribution >= 4 is 22.8 Å². The Balaban J connectivity index is 2.13. The van der Waals surface area contributed by atoms with Gasteiger partial charge in [0, 0.05) is 17.3 Å². The van der Waals surface area contributed by atoms with Crippen LogP contribution in [0, 0.1) is 6.92 Å². The average Bonchev–Trinajstić information content (AvgIpc) is 2.67. The van der Waals surface area contributed by atoms with Gasteiger partial charge in [-0.25, -0.2) is 4.90 Å². The number of fused-ring (bicyclic) bond motifs is 1. The molecule has 1 saturated heterocycles. The SMILES string of the molecule is Cc1cc(N)cc2oc(N3CCOCC3)[n+](C)c12. The normalized spacial score (nSPS) is 16.4. The second-order valence-corrected chi connectivity index (χ2v) is 4.73. The zero-order chi connectivity index (χ0) is 12.7. The molecule has 0 amide bonds. The second-order valence-electron chi connectivity index (χ2n) is 4.73. The minimum Gasteiger partial charge on any atom is -0.399 e. The van der Waals surface area contributed by atoms with Gasteiger partial charge in [-0.3, -0.25) is 0 Å². The molecule has 0 unspecified atom stereocenters. The topological polar surface area (TPSA) is 55.5 Å². The third-order valence-corrected chi connectivity index (χ3v) is 3.39. The number of oxazole rings is 1. The van der Waals surface area contributed by atoms with Crippen LogP contribution in [-0.2, 0) is 11.8 Å². The van der Waals surface area contributed by atoms with Crippen LogP contribution in [0.3, 0.4) is 0 Å². The Bertz CT molecular complexity index is 585. The van der Waals surface area contributed by atoms with E-state index in [1.807, 2.05) is 19.2 Å². The van der Waals surface area contributed by atoms with E-state index in [4.69, 9.17) is 14.9 Å². The van der Waals surface area contributed by atoms with E-state index in [2.05, 4.69) is 16.4 Å². The molecule has 96 valence electrons. The molecule has 1 aliphatic heterocycles. The number of hydrogen-bond acceptors (Lipinski definition) is 4. The molecule has 1 aliphatic rings. The lowest BCUT2D eigenvalue weighted by molar-refractivity contribution is -0.636. The summed E-state index contributed by atoms with van der Waals surface area (Å²) in [6.07, 6.45) is 0. The predicted octanol–water partition coefficient (Wildman–Crippen LogP) is 0.985. The summed E-state index contributed by atoms with van der Waals surface area (Å²) in [5.41, 5.74) is 9.68. The molecule has 0 saturated carbocycles. The summed E-state index contributed by atoms with van der Waals surface area (Å²) in [5.74, 6) is 0. The molecule has 1 fully saturated rings. The molecule has 0 bridgehead atoms. The first-order valence-corrected chi connectivity index (χ1v) is 6.18. The molecular formula is C13H18N3O2+. The molecule has 5 nitrogen and oxygen atoms in total. The van der Waals surface area contributed by atoms with E-state index >= 15 is 0 Å². The van der Waals surface area contributed by atoms with E-state index in [1.165, 1.54) is 0 Å². The summed E-state index contributed by atoms with van der Waals surface area (Å²) in [4.78, 5) is 2.21. The number of aryl methyl sites for hydroxylation is 2. The highest BCUT2D eigenvalue weighted by molar-refractivity contribution is 5.78. The van der Waals surface area contributed by atoms with Gasteiger partial charge in [-0.2, -0.15) is 4.57 Å². The Hall–Kier alpha value is -1.75. The molecule has 0 spiro atoms. The molecule has 1 aromatic carbocycles. The highest BCUT2D eigenvalue weighted by Crippen LogP contribution is 2.25. The van der Waals surface area contributed by atoms with Crippen LogP contribution in [0.5, 0.6) is 0 Å². The number of morpholine rings is 1. The maximum atomic E-state index is 5.95. The van der Waals surface area contributed by atoms with Gasteiger partial charge in [0.1, 0.15) is 13.1 Å². The summed E-state index contributed by atoms with van der Waals surface area (Å²) in [6.45, 7) is 5.28. The molecule has 2 aromatic rings. The number of rotatable bonds is 1. The van der Waals surface area contributed by atoms with Crippen molar-refractivity contribution in [3.8, 4) is 0 Å². The van der Waals surface area contributed by atoms with E-state index in [9.17, 15) is 0 Å². The van der Waals surface area contributed by atoms with Crippen LogP contribution >= 0.6 is 0 Å². The third kappa shape index (κ3) is 1.71. The van der Waals surface area contributed by atoms with Gasteiger partial charge in [0.05, 0.1) is 20.3 Å². The van der Waals surface area contributed by atoms with Crippen molar-refractivity contribution < 1.29 is 13.7 Å². The molecular weight excluding hydrogens is 230 g/mol. The first-order chi connectivity index (χ1) is 8.66. The second kappa shape index (κ2) is 4.17. The molecule has 3 rings (SSSR count). The average molecular weight is 248 g/mol. The Morgan fingerprint density at radius 3 is 2.72 bits per heavy atom. The van der Waals surface area contributed by atoms with Crippen LogP contribution < -0.4 is 15.2 Å². The first-order valence-electron chi connectivity index (χ1n) is 6.18. The maximum absolute atomic E-state index is 5.95. The lowest BCUT2D eigenvalue weighted by Crippen LogP contribution is -2.43. The first kappa shape index (κ1) is 11.3. The van der Waals surface area contributed by atoms with Gasteiger partial charge in [-0.1, -0.05) is 0 Å². The van der Waals surface area contributed by atoms with Crippen molar-refractivity contribution in [2.24, 2.45) is 7.05 Å². The fourth-order valence-corrected chi connectivity index (χ4v) is 2.58. The number of nitrogen functional groups attached to an aromatic ring is 1. The van der Waals surface area contributed by atoms with Gasteiger partial charge in [0.2, 0.25) is 0 Å². The summed E-state index contributed by atoms with van der Waals surface area (Å²) in [7, 11) is 2.03. The lowest BCUT2D eigenvalue weighted by atomic mass is 10.2. The van der Waals surface area contributed by atoms with Crippen LogP contribution in [0.15, 0.2) is 16.5 Å². The molecule has 1 aromatic heterocycles. The van der Waals surface area contributed by atoms with Crippen LogP contribution in [0.4, 0.5) is 11.7 Å². The molecule has 2 heterocycles. The van der Waals surface area contributed by atoms with Crippen molar-refractivity contribution in [1.82, 2.24) is 0 Å². The number of benzene rings is 1. The molecule has 0 radical (unpaired) electrons. The number of hydrogen-bond donors (Lipinski definition) is 1. The highest BCUT2D eigenvalue weighted by atomic mass is 16.5. The summed E-state index contributed by atoms with van der Waals surface area (Å²) in [6, 6.07) is 4.73. The van der Waals surface area contributed by atoms with Crippen molar-refractivity contribution in [2.75, 3.05) is 36.9 Å². The largest absolute Gasteiger partial charge is 0.457 e. The predicted molar refractivity (Wildman–Crippen MR) is 69.6 cm³/mol. The summed E-state index contributed by atoms with van der Waals surface area (Å²) < 4.78 is 13.4. The third-order valence-electron chi connectivity index (χ3n) is 3.39. The Morgan fingerprint density at radius 2 is 2.00 bits per heavy atom. The van der Waals surface area contributed by atoms with Crippen LogP contribution in [0.25, 0.3) is 11.1 Å². The molecule has 2 N–H and O–H groups in total. The monoisotopic (exact) mass is 248 g/mol. The fourth-order valence-electron chi connectivity index (χ4n) is 2.58. The van der Waals surface area contributed by atoms with Gasteiger partial charge in [0.25, 0.3) is 0 Å². The van der Waals surface area contributed by atoms with Crippen molar-refractivity contribution in [3.63, 3.8) is 0 Å². The number of anilines is 2. The molecule has 0 atom stereocenters. The number of nitrogens with two attached hydrogens (primary N) is 1. The van der Waals surface area contributed by atoms with Crippen molar-refractivity contribution in [2.45, 2.75) is 6.92 Å². The summed E-state index contributed by atoms with van der Waals surface area (Å²) >= 11 is 0. The van der Waals surface area contributed by atoms with Gasteiger partial charge in [-0.05, 0) is 13.0 Å². The van der Waals surface area contributed by atoms with E-state index < -0.39 is 0 Å². The molecule has 18 heavy (non-hydrogen) atoms. The molecule has 0 aliphatic carbocycles. The van der Waals surface area contributed by atoms with E-state index in [0.717, 1.165) is 54.7 Å². The Kier molecular flexibility index (Phi) is 2.63. The van der Waals surface area contributed by atoms with Crippen LogP contribution in [0.2, 0.25) is 0 Å². The van der Waals surface area contributed by atoms with Gasteiger partial charge < -0.3 is 14.9 Å². The van der Waals surface area contributed by atoms with Gasteiger partial charge in [0.15, 0.2) is 11.1 Å². The van der Waals surface area contributed by atoms with E-state index in [-0.39, 0.29) is 0 Å². The smallest absolute Gasteiger partial charge is 0.399 e. The molecule has 5 heteroatoms. The Morgan fingerprint density at radius 1 is 1.28 bits per heavy atom. The van der Waals surface area contributed by atoms with Gasteiger partial charge in [-0.15, -0.1) is 0 Å². The van der Waals surface area contributed by atoms with Crippen molar-refractivity contribution in [1.29, 1.82) is 0 Å². The quantitative estimate of drug-likeness (QED) is 0.604. The number of nitrogens with zero attached hydrogens (tertiary/aromatic N) is 2. The van der Waals surface area contributed by atoms with Crippen LogP contribution in [-0.4, -0.2) is 26.3 Å². The summed E-state index contributed by atoms with van der Waals surface area (Å²) in [5, 5.41) is 0. The zero-order valence-electron chi connectivity index (χ0n) is 10.8. The van der Waals surface area contributed by atoms with E-state index in [1.54, 1.807) is 0 Å². The highest BCUT2D eigenvalue weighted by Gasteiger charge is 2.28. The lowest BCUT2D eigenvalue weighted by Gasteiger charge is -2.19. The van der Waals surface area contributed by atoms with Crippen molar-refractivity contribution in [3.05, 3.63) is 17.7 Å².